The van der Waals surface area contributed by atoms with Crippen LogP contribution in [0.1, 0.15) is 58.1 Å². The van der Waals surface area contributed by atoms with E-state index < -0.39 is 0 Å². The monoisotopic (exact) mass is 386 g/mol. The van der Waals surface area contributed by atoms with Crippen molar-refractivity contribution in [1.82, 2.24) is 29.8 Å². The fourth-order valence-corrected chi connectivity index (χ4v) is 4.64. The summed E-state index contributed by atoms with van der Waals surface area (Å²) in [6.45, 7) is 8.94. The van der Waals surface area contributed by atoms with Crippen molar-refractivity contribution >= 4 is 16.8 Å². The predicted molar refractivity (Wildman–Crippen MR) is 107 cm³/mol. The molecule has 8 nitrogen and oxygen atoms in total. The van der Waals surface area contributed by atoms with Gasteiger partial charge in [0.25, 0.3) is 5.56 Å². The highest BCUT2D eigenvalue weighted by Crippen LogP contribution is 2.27. The third kappa shape index (κ3) is 3.45. The van der Waals surface area contributed by atoms with Gasteiger partial charge in [-0.25, -0.2) is 4.68 Å². The lowest BCUT2D eigenvalue weighted by molar-refractivity contribution is -0.123. The molecule has 1 amide bonds. The maximum Gasteiger partial charge on any atom is 0.278 e. The van der Waals surface area contributed by atoms with Crippen LogP contribution in [-0.4, -0.2) is 55.5 Å². The molecule has 0 saturated carbocycles. The third-order valence-electron chi connectivity index (χ3n) is 6.05. The minimum absolute atomic E-state index is 0.0466. The first-order chi connectivity index (χ1) is 13.5. The Balaban J connectivity index is 1.57. The van der Waals surface area contributed by atoms with E-state index >= 15 is 0 Å². The second-order valence-corrected chi connectivity index (χ2v) is 8.31. The maximum atomic E-state index is 12.9. The van der Waals surface area contributed by atoms with Crippen LogP contribution in [0.4, 0.5) is 0 Å². The zero-order chi connectivity index (χ0) is 19.8. The second kappa shape index (κ2) is 7.66. The standard InChI is InChI=1S/C20H30N6O2/c1-4-25-11-14-19(22-25)18(13(2)3)23-26(20(14)28)12-17(27)21-15-7-5-9-24-10-6-8-16(15)24/h11,13,15-16H,4-10,12H2,1-3H3,(H,21,27). The molecular weight excluding hydrogens is 356 g/mol. The van der Waals surface area contributed by atoms with E-state index in [-0.39, 0.29) is 30.0 Å². The summed E-state index contributed by atoms with van der Waals surface area (Å²) in [6.07, 6.45) is 6.22. The molecule has 2 aromatic rings. The Morgan fingerprint density at radius 1 is 1.25 bits per heavy atom. The van der Waals surface area contributed by atoms with Crippen molar-refractivity contribution in [3.05, 3.63) is 22.2 Å². The fourth-order valence-electron chi connectivity index (χ4n) is 4.64. The summed E-state index contributed by atoms with van der Waals surface area (Å²) in [4.78, 5) is 28.1. The van der Waals surface area contributed by atoms with Crippen LogP contribution in [0, 0.1) is 0 Å². The highest BCUT2D eigenvalue weighted by molar-refractivity contribution is 5.80. The zero-order valence-corrected chi connectivity index (χ0v) is 17.0. The van der Waals surface area contributed by atoms with Gasteiger partial charge in [-0.05, 0) is 51.6 Å². The molecule has 0 radical (unpaired) electrons. The van der Waals surface area contributed by atoms with E-state index in [0.29, 0.717) is 23.5 Å². The smallest absolute Gasteiger partial charge is 0.278 e. The molecule has 4 heterocycles. The normalized spacial score (nSPS) is 22.7. The molecule has 0 spiro atoms. The van der Waals surface area contributed by atoms with Gasteiger partial charge in [-0.1, -0.05) is 13.8 Å². The van der Waals surface area contributed by atoms with Gasteiger partial charge < -0.3 is 5.32 Å². The number of fused-ring (bicyclic) bond motifs is 2. The average Bonchev–Trinajstić information content (AvgIpc) is 3.31. The Morgan fingerprint density at radius 2 is 2.00 bits per heavy atom. The van der Waals surface area contributed by atoms with Crippen LogP contribution in [0.2, 0.25) is 0 Å². The average molecular weight is 387 g/mol. The van der Waals surface area contributed by atoms with Gasteiger partial charge in [0.05, 0.1) is 11.1 Å². The van der Waals surface area contributed by atoms with Crippen LogP contribution in [-0.2, 0) is 17.9 Å². The number of hydrogen-bond donors (Lipinski definition) is 1. The Morgan fingerprint density at radius 3 is 2.71 bits per heavy atom. The highest BCUT2D eigenvalue weighted by atomic mass is 16.2. The molecule has 8 heteroatoms. The Kier molecular flexibility index (Phi) is 5.23. The molecule has 2 aromatic heterocycles. The van der Waals surface area contributed by atoms with E-state index in [0.717, 1.165) is 38.0 Å². The van der Waals surface area contributed by atoms with E-state index in [1.54, 1.807) is 10.9 Å². The number of piperidine rings is 1. The van der Waals surface area contributed by atoms with E-state index in [1.807, 2.05) is 20.8 Å². The minimum atomic E-state index is -0.250. The van der Waals surface area contributed by atoms with Crippen molar-refractivity contribution < 1.29 is 4.79 Å². The van der Waals surface area contributed by atoms with Crippen LogP contribution in [0.5, 0.6) is 0 Å². The van der Waals surface area contributed by atoms with Crippen molar-refractivity contribution in [2.24, 2.45) is 0 Å². The molecule has 0 aromatic carbocycles. The third-order valence-corrected chi connectivity index (χ3v) is 6.05. The number of carbonyl (C=O) groups is 1. The first-order valence-corrected chi connectivity index (χ1v) is 10.5. The summed E-state index contributed by atoms with van der Waals surface area (Å²) in [6, 6.07) is 0.620. The lowest BCUT2D eigenvalue weighted by atomic mass is 9.96. The molecule has 2 aliphatic heterocycles. The van der Waals surface area contributed by atoms with Crippen LogP contribution >= 0.6 is 0 Å². The van der Waals surface area contributed by atoms with Crippen LogP contribution in [0.3, 0.4) is 0 Å². The lowest BCUT2D eigenvalue weighted by Gasteiger charge is -2.37. The predicted octanol–water partition coefficient (Wildman–Crippen LogP) is 1.48. The molecule has 2 fully saturated rings. The van der Waals surface area contributed by atoms with E-state index in [1.165, 1.54) is 11.1 Å². The quantitative estimate of drug-likeness (QED) is 0.841. The van der Waals surface area contributed by atoms with Gasteiger partial charge in [0, 0.05) is 24.8 Å². The number of aryl methyl sites for hydroxylation is 1. The molecule has 152 valence electrons. The number of hydrogen-bond acceptors (Lipinski definition) is 5. The van der Waals surface area contributed by atoms with Gasteiger partial charge in [-0.2, -0.15) is 10.2 Å². The van der Waals surface area contributed by atoms with Crippen molar-refractivity contribution in [3.63, 3.8) is 0 Å². The second-order valence-electron chi connectivity index (χ2n) is 8.31. The molecule has 28 heavy (non-hydrogen) atoms. The van der Waals surface area contributed by atoms with Gasteiger partial charge in [0.15, 0.2) is 0 Å². The lowest BCUT2D eigenvalue weighted by Crippen LogP contribution is -2.53. The van der Waals surface area contributed by atoms with Crippen molar-refractivity contribution in [3.8, 4) is 0 Å². The maximum absolute atomic E-state index is 12.9. The summed E-state index contributed by atoms with van der Waals surface area (Å²) < 4.78 is 3.06. The zero-order valence-electron chi connectivity index (χ0n) is 17.0. The van der Waals surface area contributed by atoms with Crippen LogP contribution in [0.25, 0.3) is 10.9 Å². The summed E-state index contributed by atoms with van der Waals surface area (Å²) in [5.74, 6) is -0.0201. The SMILES string of the molecule is CCn1cc2c(=O)n(CC(=O)NC3CCCN4CCCC34)nc(C(C)C)c2n1. The molecule has 2 saturated heterocycles. The number of rotatable bonds is 5. The Bertz CT molecular complexity index is 931. The molecule has 2 atom stereocenters. The number of nitrogens with one attached hydrogen (secondary N) is 1. The molecule has 1 N–H and O–H groups in total. The molecule has 2 unspecified atom stereocenters. The van der Waals surface area contributed by atoms with Gasteiger partial charge in [0.1, 0.15) is 12.1 Å². The van der Waals surface area contributed by atoms with Crippen LogP contribution in [0.15, 0.2) is 11.0 Å². The van der Waals surface area contributed by atoms with Crippen molar-refractivity contribution in [2.75, 3.05) is 13.1 Å². The fraction of sp³-hybridized carbons (Fsp3) is 0.700. The Hall–Kier alpha value is -2.22. The number of carbonyl (C=O) groups excluding carboxylic acids is 1. The molecule has 0 aliphatic carbocycles. The van der Waals surface area contributed by atoms with Crippen molar-refractivity contribution in [1.29, 1.82) is 0 Å². The number of amides is 1. The summed E-state index contributed by atoms with van der Waals surface area (Å²) in [7, 11) is 0. The first kappa shape index (κ1) is 19.1. The van der Waals surface area contributed by atoms with Gasteiger partial charge >= 0.3 is 0 Å². The topological polar surface area (TPSA) is 85.0 Å². The first-order valence-electron chi connectivity index (χ1n) is 10.5. The Labute approximate surface area is 164 Å². The van der Waals surface area contributed by atoms with E-state index in [2.05, 4.69) is 20.4 Å². The number of nitrogens with zero attached hydrogens (tertiary/aromatic N) is 5. The molecule has 0 bridgehead atoms. The summed E-state index contributed by atoms with van der Waals surface area (Å²) in [5.41, 5.74) is 1.15. The van der Waals surface area contributed by atoms with E-state index in [9.17, 15) is 9.59 Å². The van der Waals surface area contributed by atoms with E-state index in [4.69, 9.17) is 0 Å². The minimum Gasteiger partial charge on any atom is -0.350 e. The largest absolute Gasteiger partial charge is 0.350 e. The summed E-state index contributed by atoms with van der Waals surface area (Å²) in [5, 5.41) is 12.7. The van der Waals surface area contributed by atoms with Gasteiger partial charge in [-0.3, -0.25) is 19.2 Å². The van der Waals surface area contributed by atoms with Gasteiger partial charge in [-0.15, -0.1) is 0 Å². The van der Waals surface area contributed by atoms with Crippen molar-refractivity contribution in [2.45, 2.75) is 77.5 Å². The molecule has 4 rings (SSSR count). The highest BCUT2D eigenvalue weighted by Gasteiger charge is 2.35. The van der Waals surface area contributed by atoms with Gasteiger partial charge in [0.2, 0.25) is 5.91 Å². The summed E-state index contributed by atoms with van der Waals surface area (Å²) >= 11 is 0. The number of aromatic nitrogens is 4. The molecule has 2 aliphatic rings. The molecular formula is C20H30N6O2. The van der Waals surface area contributed by atoms with Crippen LogP contribution < -0.4 is 10.9 Å².